The Hall–Kier alpha value is -3.92. The normalized spacial score (nSPS) is 19.8. The summed E-state index contributed by atoms with van der Waals surface area (Å²) in [6.45, 7) is 3.55. The van der Waals surface area contributed by atoms with Gasteiger partial charge in [-0.1, -0.05) is 24.3 Å². The Labute approximate surface area is 246 Å². The molecule has 2 aromatic rings. The minimum atomic E-state index is -1.01. The third-order valence-electron chi connectivity index (χ3n) is 9.14. The first-order chi connectivity index (χ1) is 20.2. The maximum atomic E-state index is 14.1. The highest BCUT2D eigenvalue weighted by Gasteiger charge is 2.38. The van der Waals surface area contributed by atoms with Crippen molar-refractivity contribution in [1.82, 2.24) is 9.80 Å². The van der Waals surface area contributed by atoms with Crippen LogP contribution in [0.15, 0.2) is 42.5 Å². The topological polar surface area (TPSA) is 140 Å². The maximum absolute atomic E-state index is 14.1. The minimum Gasteiger partial charge on any atom is -0.478 e. The highest BCUT2D eigenvalue weighted by atomic mass is 16.5. The molecular weight excluding hydrogens is 534 g/mol. The van der Waals surface area contributed by atoms with Crippen molar-refractivity contribution in [2.24, 2.45) is 11.7 Å². The van der Waals surface area contributed by atoms with Gasteiger partial charge in [0, 0.05) is 58.4 Å². The van der Waals surface area contributed by atoms with Crippen molar-refractivity contribution in [3.8, 4) is 0 Å². The van der Waals surface area contributed by atoms with Gasteiger partial charge in [0.15, 0.2) is 11.7 Å². The first kappa shape index (κ1) is 29.6. The monoisotopic (exact) mass is 575 g/mol. The van der Waals surface area contributed by atoms with Gasteiger partial charge in [-0.05, 0) is 72.9 Å². The number of methoxy groups -OCH3 is 1. The number of guanidine groups is 1. The predicted molar refractivity (Wildman–Crippen MR) is 160 cm³/mol. The first-order valence-electron chi connectivity index (χ1n) is 14.9. The number of piperidine rings is 2. The van der Waals surface area contributed by atoms with Crippen LogP contribution in [-0.2, 0) is 27.2 Å². The van der Waals surface area contributed by atoms with E-state index in [4.69, 9.17) is 15.9 Å². The molecule has 4 N–H and O–H groups in total. The number of hydrogen-bond donors (Lipinski definition) is 3. The molecule has 3 aliphatic rings. The van der Waals surface area contributed by atoms with Crippen molar-refractivity contribution in [2.75, 3.05) is 44.7 Å². The number of fused-ring (bicyclic) bond motifs is 1. The number of nitrogens with zero attached hydrogens (tertiary/aromatic N) is 3. The third-order valence-corrected chi connectivity index (χ3v) is 9.14. The van der Waals surface area contributed by atoms with Crippen molar-refractivity contribution >= 4 is 29.3 Å². The molecule has 5 rings (SSSR count). The second kappa shape index (κ2) is 12.9. The number of carbonyl (C=O) groups excluding carboxylic acids is 2. The summed E-state index contributed by atoms with van der Waals surface area (Å²) in [5.74, 6) is -0.858. The van der Waals surface area contributed by atoms with E-state index in [-0.39, 0.29) is 41.7 Å². The largest absolute Gasteiger partial charge is 0.478 e. The van der Waals surface area contributed by atoms with Crippen molar-refractivity contribution in [3.05, 3.63) is 64.7 Å². The molecule has 2 fully saturated rings. The molecule has 3 aliphatic heterocycles. The third kappa shape index (κ3) is 6.43. The molecule has 42 heavy (non-hydrogen) atoms. The Morgan fingerprint density at radius 2 is 1.67 bits per heavy atom. The Kier molecular flexibility index (Phi) is 9.11. The number of likely N-dealkylation sites (tertiary alicyclic amines) is 1. The summed E-state index contributed by atoms with van der Waals surface area (Å²) in [5.41, 5.74) is 9.70. The summed E-state index contributed by atoms with van der Waals surface area (Å²) in [6.07, 6.45) is 4.87. The van der Waals surface area contributed by atoms with E-state index in [0.717, 1.165) is 61.2 Å². The molecule has 224 valence electrons. The van der Waals surface area contributed by atoms with Crippen LogP contribution in [0.1, 0.15) is 65.2 Å². The van der Waals surface area contributed by atoms with Crippen molar-refractivity contribution < 1.29 is 24.2 Å². The Bertz CT molecular complexity index is 1310. The van der Waals surface area contributed by atoms with E-state index < -0.39 is 12.0 Å². The molecular formula is C32H41N5O5. The van der Waals surface area contributed by atoms with E-state index in [1.54, 1.807) is 24.1 Å². The number of ether oxygens (including phenoxy) is 1. The van der Waals surface area contributed by atoms with Gasteiger partial charge in [-0.3, -0.25) is 15.0 Å². The second-order valence-electron chi connectivity index (χ2n) is 11.7. The number of hydrogen-bond acceptors (Lipinski definition) is 6. The van der Waals surface area contributed by atoms with Gasteiger partial charge >= 0.3 is 5.97 Å². The Morgan fingerprint density at radius 3 is 2.29 bits per heavy atom. The summed E-state index contributed by atoms with van der Waals surface area (Å²) in [5, 5.41) is 17.0. The quantitative estimate of drug-likeness (QED) is 0.322. The van der Waals surface area contributed by atoms with Gasteiger partial charge in [0.2, 0.25) is 5.91 Å². The number of carboxylic acid groups (broad SMARTS) is 1. The number of aromatic carboxylic acids is 1. The molecule has 10 heteroatoms. The van der Waals surface area contributed by atoms with Gasteiger partial charge in [0.05, 0.1) is 11.7 Å². The highest BCUT2D eigenvalue weighted by molar-refractivity contribution is 5.93. The fraction of sp³-hybridized carbons (Fsp3) is 0.500. The fourth-order valence-electron chi connectivity index (χ4n) is 6.70. The zero-order valence-corrected chi connectivity index (χ0v) is 24.3. The average molecular weight is 576 g/mol. The van der Waals surface area contributed by atoms with Crippen LogP contribution in [0, 0.1) is 11.3 Å². The lowest BCUT2D eigenvalue weighted by Gasteiger charge is -2.41. The van der Waals surface area contributed by atoms with Crippen molar-refractivity contribution in [2.45, 2.75) is 57.1 Å². The van der Waals surface area contributed by atoms with Crippen LogP contribution in [0.5, 0.6) is 0 Å². The number of carboxylic acids is 1. The molecule has 0 radical (unpaired) electrons. The van der Waals surface area contributed by atoms with E-state index in [2.05, 4.69) is 11.0 Å². The minimum absolute atomic E-state index is 0.0205. The number of ketones is 1. The van der Waals surface area contributed by atoms with Crippen molar-refractivity contribution in [1.29, 1.82) is 5.41 Å². The molecule has 0 aliphatic carbocycles. The van der Waals surface area contributed by atoms with Gasteiger partial charge in [0.25, 0.3) is 0 Å². The number of rotatable bonds is 8. The molecule has 0 aromatic heterocycles. The summed E-state index contributed by atoms with van der Waals surface area (Å²) < 4.78 is 5.57. The summed E-state index contributed by atoms with van der Waals surface area (Å²) in [4.78, 5) is 45.2. The number of amides is 1. The van der Waals surface area contributed by atoms with Gasteiger partial charge in [-0.2, -0.15) is 0 Å². The van der Waals surface area contributed by atoms with Crippen molar-refractivity contribution in [3.63, 3.8) is 0 Å². The molecule has 1 unspecified atom stereocenters. The Morgan fingerprint density at radius 1 is 0.976 bits per heavy atom. The first-order valence-corrected chi connectivity index (χ1v) is 14.9. The van der Waals surface area contributed by atoms with Gasteiger partial charge in [-0.15, -0.1) is 0 Å². The lowest BCUT2D eigenvalue weighted by atomic mass is 9.85. The fourth-order valence-corrected chi connectivity index (χ4v) is 6.70. The standard InChI is InChI=1S/C32H41N5O5/c1-42-24-11-16-35(17-12-24)27-4-2-3-26-25(27)13-18-37(29(39)20-22-9-14-36(15-10-22)32(33)34)30(26)28(38)19-21-5-7-23(8-6-21)31(40)41/h2-8,22,24,30H,9-20H2,1H3,(H3,33,34)(H,40,41). The van der Waals surface area contributed by atoms with Crippen LogP contribution in [0.3, 0.4) is 0 Å². The van der Waals surface area contributed by atoms with Gasteiger partial charge in [-0.25, -0.2) is 4.79 Å². The number of anilines is 1. The molecule has 0 bridgehead atoms. The number of carbonyl (C=O) groups is 3. The van der Waals surface area contributed by atoms with Crippen LogP contribution in [0.4, 0.5) is 5.69 Å². The number of nitrogens with one attached hydrogen (secondary N) is 1. The number of Topliss-reactive ketones (excluding diaryl/α,β-unsaturated/α-hetero) is 1. The van der Waals surface area contributed by atoms with Gasteiger partial charge < -0.3 is 30.3 Å². The zero-order chi connectivity index (χ0) is 29.8. The van der Waals surface area contributed by atoms with Gasteiger partial charge in [0.1, 0.15) is 6.04 Å². The summed E-state index contributed by atoms with van der Waals surface area (Å²) >= 11 is 0. The Balaban J connectivity index is 1.40. The molecule has 10 nitrogen and oxygen atoms in total. The van der Waals surface area contributed by atoms with E-state index in [0.29, 0.717) is 32.5 Å². The van der Waals surface area contributed by atoms with Crippen LogP contribution >= 0.6 is 0 Å². The van der Waals surface area contributed by atoms with Crippen LogP contribution in [0.2, 0.25) is 0 Å². The SMILES string of the molecule is COC1CCN(c2cccc3c2CCN(C(=O)CC2CCN(C(=N)N)CC2)C3C(=O)Cc2ccc(C(=O)O)cc2)CC1. The molecule has 1 atom stereocenters. The molecule has 0 saturated carbocycles. The molecule has 1 amide bonds. The van der Waals surface area contributed by atoms with E-state index in [1.807, 2.05) is 17.0 Å². The van der Waals surface area contributed by atoms with Crippen LogP contribution in [-0.4, -0.2) is 84.5 Å². The number of nitrogens with two attached hydrogens (primary N) is 1. The summed E-state index contributed by atoms with van der Waals surface area (Å²) in [7, 11) is 1.76. The highest BCUT2D eigenvalue weighted by Crippen LogP contribution is 2.38. The van der Waals surface area contributed by atoms with Crippen LogP contribution in [0.25, 0.3) is 0 Å². The molecule has 2 saturated heterocycles. The number of benzene rings is 2. The maximum Gasteiger partial charge on any atom is 0.335 e. The van der Waals surface area contributed by atoms with Crippen LogP contribution < -0.4 is 10.6 Å². The lowest BCUT2D eigenvalue weighted by molar-refractivity contribution is -0.141. The molecule has 2 aromatic carbocycles. The van der Waals surface area contributed by atoms with E-state index >= 15 is 0 Å². The average Bonchev–Trinajstić information content (AvgIpc) is 3.00. The smallest absolute Gasteiger partial charge is 0.335 e. The summed E-state index contributed by atoms with van der Waals surface area (Å²) in [6, 6.07) is 11.8. The lowest BCUT2D eigenvalue weighted by Crippen LogP contribution is -2.46. The van der Waals surface area contributed by atoms with E-state index in [9.17, 15) is 19.5 Å². The zero-order valence-electron chi connectivity index (χ0n) is 24.3. The predicted octanol–water partition coefficient (Wildman–Crippen LogP) is 3.23. The second-order valence-corrected chi connectivity index (χ2v) is 11.7. The molecule has 0 spiro atoms. The van der Waals surface area contributed by atoms with E-state index in [1.165, 1.54) is 12.1 Å². The molecule has 3 heterocycles.